The SMILES string of the molecule is Cc1cc(C(=O)NCCCNC(=O)c2cnccn2)no1. The molecule has 110 valence electrons. The Labute approximate surface area is 121 Å². The lowest BCUT2D eigenvalue weighted by Gasteiger charge is -2.05. The van der Waals surface area contributed by atoms with E-state index in [2.05, 4.69) is 25.8 Å². The van der Waals surface area contributed by atoms with Gasteiger partial charge >= 0.3 is 0 Å². The number of aryl methyl sites for hydroxylation is 1. The summed E-state index contributed by atoms with van der Waals surface area (Å²) in [4.78, 5) is 31.0. The summed E-state index contributed by atoms with van der Waals surface area (Å²) in [7, 11) is 0. The first-order chi connectivity index (χ1) is 10.2. The summed E-state index contributed by atoms with van der Waals surface area (Å²) >= 11 is 0. The molecule has 2 amide bonds. The molecule has 0 aliphatic rings. The van der Waals surface area contributed by atoms with Crippen LogP contribution in [0.5, 0.6) is 0 Å². The molecule has 2 heterocycles. The number of amides is 2. The van der Waals surface area contributed by atoms with E-state index in [9.17, 15) is 9.59 Å². The predicted molar refractivity (Wildman–Crippen MR) is 72.6 cm³/mol. The fraction of sp³-hybridized carbons (Fsp3) is 0.308. The minimum absolute atomic E-state index is 0.246. The van der Waals surface area contributed by atoms with Crippen LogP contribution in [0.3, 0.4) is 0 Å². The van der Waals surface area contributed by atoms with Gasteiger partial charge in [0.2, 0.25) is 0 Å². The highest BCUT2D eigenvalue weighted by molar-refractivity contribution is 5.92. The molecule has 2 aromatic heterocycles. The van der Waals surface area contributed by atoms with Gasteiger partial charge in [-0.1, -0.05) is 5.16 Å². The van der Waals surface area contributed by atoms with Gasteiger partial charge in [-0.25, -0.2) is 4.98 Å². The van der Waals surface area contributed by atoms with Crippen molar-refractivity contribution in [1.29, 1.82) is 0 Å². The van der Waals surface area contributed by atoms with Crippen LogP contribution in [-0.4, -0.2) is 40.0 Å². The van der Waals surface area contributed by atoms with Crippen molar-refractivity contribution in [3.63, 3.8) is 0 Å². The minimum atomic E-state index is -0.299. The minimum Gasteiger partial charge on any atom is -0.361 e. The molecule has 0 aliphatic carbocycles. The van der Waals surface area contributed by atoms with E-state index in [4.69, 9.17) is 4.52 Å². The normalized spacial score (nSPS) is 10.1. The quantitative estimate of drug-likeness (QED) is 0.741. The number of carbonyl (C=O) groups is 2. The van der Waals surface area contributed by atoms with Crippen molar-refractivity contribution >= 4 is 11.8 Å². The van der Waals surface area contributed by atoms with Gasteiger partial charge in [-0.3, -0.25) is 14.6 Å². The highest BCUT2D eigenvalue weighted by Crippen LogP contribution is 2.00. The molecule has 0 bridgehead atoms. The molecule has 2 N–H and O–H groups in total. The molecule has 8 nitrogen and oxygen atoms in total. The third-order valence-electron chi connectivity index (χ3n) is 2.58. The highest BCUT2D eigenvalue weighted by atomic mass is 16.5. The maximum absolute atomic E-state index is 11.6. The van der Waals surface area contributed by atoms with Gasteiger partial charge in [-0.2, -0.15) is 0 Å². The Hall–Kier alpha value is -2.77. The van der Waals surface area contributed by atoms with Crippen molar-refractivity contribution in [2.24, 2.45) is 0 Å². The lowest BCUT2D eigenvalue weighted by Crippen LogP contribution is -2.30. The van der Waals surface area contributed by atoms with E-state index >= 15 is 0 Å². The monoisotopic (exact) mass is 289 g/mol. The number of rotatable bonds is 6. The summed E-state index contributed by atoms with van der Waals surface area (Å²) in [6.45, 7) is 2.56. The number of hydrogen-bond acceptors (Lipinski definition) is 6. The number of nitrogens with one attached hydrogen (secondary N) is 2. The van der Waals surface area contributed by atoms with Gasteiger partial charge in [0, 0.05) is 31.5 Å². The number of nitrogens with zero attached hydrogens (tertiary/aromatic N) is 3. The zero-order chi connectivity index (χ0) is 15.1. The maximum Gasteiger partial charge on any atom is 0.273 e. The van der Waals surface area contributed by atoms with E-state index < -0.39 is 0 Å². The third kappa shape index (κ3) is 4.37. The molecule has 21 heavy (non-hydrogen) atoms. The first-order valence-corrected chi connectivity index (χ1v) is 6.42. The molecule has 0 fully saturated rings. The van der Waals surface area contributed by atoms with Gasteiger partial charge in [-0.15, -0.1) is 0 Å². The molecule has 0 spiro atoms. The Kier molecular flexibility index (Phi) is 4.97. The van der Waals surface area contributed by atoms with Gasteiger partial charge in [0.05, 0.1) is 6.20 Å². The van der Waals surface area contributed by atoms with E-state index in [1.807, 2.05) is 0 Å². The van der Waals surface area contributed by atoms with Crippen LogP contribution in [0.25, 0.3) is 0 Å². The lowest BCUT2D eigenvalue weighted by atomic mass is 10.3. The summed E-state index contributed by atoms with van der Waals surface area (Å²) in [5.74, 6) is -0.00922. The fourth-order valence-electron chi connectivity index (χ4n) is 1.56. The van der Waals surface area contributed by atoms with Crippen LogP contribution in [0, 0.1) is 6.92 Å². The Balaban J connectivity index is 1.64. The molecule has 2 rings (SSSR count). The third-order valence-corrected chi connectivity index (χ3v) is 2.58. The van der Waals surface area contributed by atoms with Crippen molar-refractivity contribution in [2.45, 2.75) is 13.3 Å². The van der Waals surface area contributed by atoms with E-state index in [0.29, 0.717) is 25.3 Å². The van der Waals surface area contributed by atoms with Gasteiger partial charge in [-0.05, 0) is 13.3 Å². The van der Waals surface area contributed by atoms with E-state index in [-0.39, 0.29) is 23.2 Å². The molecule has 0 aliphatic heterocycles. The second kappa shape index (κ2) is 7.13. The van der Waals surface area contributed by atoms with Crippen LogP contribution in [0.1, 0.15) is 33.2 Å². The smallest absolute Gasteiger partial charge is 0.273 e. The van der Waals surface area contributed by atoms with Gasteiger partial charge in [0.1, 0.15) is 11.5 Å². The molecule has 0 radical (unpaired) electrons. The average Bonchev–Trinajstić information content (AvgIpc) is 2.94. The average molecular weight is 289 g/mol. The topological polar surface area (TPSA) is 110 Å². The second-order valence-electron chi connectivity index (χ2n) is 4.28. The first-order valence-electron chi connectivity index (χ1n) is 6.42. The van der Waals surface area contributed by atoms with Crippen LogP contribution >= 0.6 is 0 Å². The molecular weight excluding hydrogens is 274 g/mol. The molecule has 0 atom stereocenters. The largest absolute Gasteiger partial charge is 0.361 e. The molecular formula is C13H15N5O3. The summed E-state index contributed by atoms with van der Waals surface area (Å²) in [6, 6.07) is 1.56. The summed E-state index contributed by atoms with van der Waals surface area (Å²) in [5, 5.41) is 8.99. The first kappa shape index (κ1) is 14.6. The van der Waals surface area contributed by atoms with Crippen LogP contribution in [0.4, 0.5) is 0 Å². The Morgan fingerprint density at radius 3 is 2.43 bits per heavy atom. The summed E-state index contributed by atoms with van der Waals surface area (Å²) in [5.41, 5.74) is 0.510. The van der Waals surface area contributed by atoms with Crippen LogP contribution in [-0.2, 0) is 0 Å². The highest BCUT2D eigenvalue weighted by Gasteiger charge is 2.10. The fourth-order valence-corrected chi connectivity index (χ4v) is 1.56. The molecule has 2 aromatic rings. The second-order valence-corrected chi connectivity index (χ2v) is 4.28. The molecule has 0 saturated heterocycles. The molecule has 8 heteroatoms. The lowest BCUT2D eigenvalue weighted by molar-refractivity contribution is 0.0943. The van der Waals surface area contributed by atoms with Crippen molar-refractivity contribution in [1.82, 2.24) is 25.8 Å². The van der Waals surface area contributed by atoms with Crippen molar-refractivity contribution in [3.8, 4) is 0 Å². The Morgan fingerprint density at radius 2 is 1.86 bits per heavy atom. The summed E-state index contributed by atoms with van der Waals surface area (Å²) in [6.07, 6.45) is 4.94. The van der Waals surface area contributed by atoms with Crippen LogP contribution in [0.15, 0.2) is 29.2 Å². The molecule has 0 saturated carbocycles. The van der Waals surface area contributed by atoms with E-state index in [1.165, 1.54) is 18.6 Å². The van der Waals surface area contributed by atoms with Gasteiger partial charge in [0.25, 0.3) is 11.8 Å². The standard InChI is InChI=1S/C13H15N5O3/c1-9-7-10(18-21-9)12(19)16-3-2-4-17-13(20)11-8-14-5-6-15-11/h5-8H,2-4H2,1H3,(H,16,19)(H,17,20). The summed E-state index contributed by atoms with van der Waals surface area (Å²) < 4.78 is 4.81. The predicted octanol–water partition coefficient (Wildman–Crippen LogP) is 0.323. The van der Waals surface area contributed by atoms with Crippen LogP contribution < -0.4 is 10.6 Å². The number of carbonyl (C=O) groups excluding carboxylic acids is 2. The van der Waals surface area contributed by atoms with Gasteiger partial charge in [0.15, 0.2) is 5.69 Å². The van der Waals surface area contributed by atoms with E-state index in [1.54, 1.807) is 13.0 Å². The Morgan fingerprint density at radius 1 is 1.14 bits per heavy atom. The zero-order valence-corrected chi connectivity index (χ0v) is 11.5. The van der Waals surface area contributed by atoms with E-state index in [0.717, 1.165) is 0 Å². The zero-order valence-electron chi connectivity index (χ0n) is 11.5. The van der Waals surface area contributed by atoms with Gasteiger partial charge < -0.3 is 15.2 Å². The molecule has 0 unspecified atom stereocenters. The van der Waals surface area contributed by atoms with Crippen molar-refractivity contribution < 1.29 is 14.1 Å². The molecule has 0 aromatic carbocycles. The number of aromatic nitrogens is 3. The maximum atomic E-state index is 11.6. The van der Waals surface area contributed by atoms with Crippen molar-refractivity contribution in [3.05, 3.63) is 41.8 Å². The van der Waals surface area contributed by atoms with Crippen molar-refractivity contribution in [2.75, 3.05) is 13.1 Å². The number of hydrogen-bond donors (Lipinski definition) is 2. The van der Waals surface area contributed by atoms with Crippen LogP contribution in [0.2, 0.25) is 0 Å². The Bertz CT molecular complexity index is 611.